The van der Waals surface area contributed by atoms with Crippen LogP contribution in [0.5, 0.6) is 0 Å². The van der Waals surface area contributed by atoms with Gasteiger partial charge < -0.3 is 0 Å². The van der Waals surface area contributed by atoms with E-state index >= 15 is 0 Å². The molecule has 0 aliphatic carbocycles. The summed E-state index contributed by atoms with van der Waals surface area (Å²) in [5.41, 5.74) is 0.938. The molecule has 0 N–H and O–H groups in total. The first-order valence-corrected chi connectivity index (χ1v) is 6.29. The van der Waals surface area contributed by atoms with E-state index in [0.717, 1.165) is 5.56 Å². The summed E-state index contributed by atoms with van der Waals surface area (Å²) in [5, 5.41) is 3.27. The Morgan fingerprint density at radius 1 is 1.18 bits per heavy atom. The molecule has 1 aromatic carbocycles. The Morgan fingerprint density at radius 2 is 1.71 bits per heavy atom. The maximum atomic E-state index is 11.6. The van der Waals surface area contributed by atoms with Crippen LogP contribution in [0.15, 0.2) is 34.3 Å². The van der Waals surface area contributed by atoms with Gasteiger partial charge in [-0.1, -0.05) is 22.9 Å². The van der Waals surface area contributed by atoms with E-state index in [-0.39, 0.29) is 16.4 Å². The maximum absolute atomic E-state index is 11.6. The number of hydrogen-bond acceptors (Lipinski definition) is 5. The van der Waals surface area contributed by atoms with Crippen molar-refractivity contribution in [3.8, 4) is 0 Å². The summed E-state index contributed by atoms with van der Waals surface area (Å²) in [6.07, 6.45) is 0. The van der Waals surface area contributed by atoms with Crippen molar-refractivity contribution in [1.82, 2.24) is 0 Å². The van der Waals surface area contributed by atoms with Gasteiger partial charge in [-0.05, 0) is 26.0 Å². The first-order chi connectivity index (χ1) is 7.83. The Bertz CT molecular complexity index is 543. The van der Waals surface area contributed by atoms with Crippen molar-refractivity contribution < 1.29 is 17.5 Å². The van der Waals surface area contributed by atoms with Crippen LogP contribution in [0.25, 0.3) is 0 Å². The van der Waals surface area contributed by atoms with Crippen LogP contribution in [0.2, 0.25) is 0 Å². The lowest BCUT2D eigenvalue weighted by Gasteiger charge is -2.02. The van der Waals surface area contributed by atoms with E-state index in [1.807, 2.05) is 6.92 Å². The van der Waals surface area contributed by atoms with Gasteiger partial charge >= 0.3 is 10.1 Å². The molecule has 0 spiro atoms. The minimum atomic E-state index is -3.95. The molecule has 0 aliphatic rings. The van der Waals surface area contributed by atoms with E-state index in [1.165, 1.54) is 26.0 Å². The van der Waals surface area contributed by atoms with Gasteiger partial charge in [0, 0.05) is 6.92 Å². The summed E-state index contributed by atoms with van der Waals surface area (Å²) >= 11 is 0. The minimum absolute atomic E-state index is 0.000636. The molecule has 0 saturated heterocycles. The van der Waals surface area contributed by atoms with Gasteiger partial charge in [-0.25, -0.2) is 0 Å². The Morgan fingerprint density at radius 3 is 2.18 bits per heavy atom. The quantitative estimate of drug-likeness (QED) is 0.606. The minimum Gasteiger partial charge on any atom is -0.293 e. The number of nitrogens with zero attached hydrogens (tertiary/aromatic N) is 1. The number of benzene rings is 1. The molecule has 92 valence electrons. The average molecular weight is 255 g/mol. The third-order valence-corrected chi connectivity index (χ3v) is 3.21. The molecule has 0 bridgehead atoms. The van der Waals surface area contributed by atoms with E-state index in [9.17, 15) is 13.2 Å². The first kappa shape index (κ1) is 13.4. The molecule has 0 amide bonds. The molecular weight excluding hydrogens is 242 g/mol. The summed E-state index contributed by atoms with van der Waals surface area (Å²) in [6.45, 7) is 4.50. The SMILES string of the molecule is CC(=O)/C(C)=N/OS(=O)(=O)c1ccc(C)cc1. The van der Waals surface area contributed by atoms with Gasteiger partial charge in [0.1, 0.15) is 10.6 Å². The molecule has 0 heterocycles. The zero-order valence-corrected chi connectivity index (χ0v) is 10.6. The van der Waals surface area contributed by atoms with E-state index in [2.05, 4.69) is 9.44 Å². The van der Waals surface area contributed by atoms with Gasteiger partial charge in [-0.15, -0.1) is 0 Å². The van der Waals surface area contributed by atoms with Crippen LogP contribution in [0.1, 0.15) is 19.4 Å². The molecular formula is C11H13NO4S. The highest BCUT2D eigenvalue weighted by Gasteiger charge is 2.15. The summed E-state index contributed by atoms with van der Waals surface area (Å²) in [5.74, 6) is -0.343. The first-order valence-electron chi connectivity index (χ1n) is 4.89. The topological polar surface area (TPSA) is 72.8 Å². The van der Waals surface area contributed by atoms with Crippen LogP contribution < -0.4 is 0 Å². The van der Waals surface area contributed by atoms with Gasteiger partial charge in [-0.2, -0.15) is 8.42 Å². The number of Topliss-reactive ketones (excluding diaryl/α,β-unsaturated/α-hetero) is 1. The highest BCUT2D eigenvalue weighted by Crippen LogP contribution is 2.13. The van der Waals surface area contributed by atoms with Crippen LogP contribution in [-0.2, 0) is 19.2 Å². The lowest BCUT2D eigenvalue weighted by atomic mass is 10.2. The van der Waals surface area contributed by atoms with Gasteiger partial charge in [0.25, 0.3) is 0 Å². The highest BCUT2D eigenvalue weighted by molar-refractivity contribution is 7.86. The van der Waals surface area contributed by atoms with Crippen molar-refractivity contribution in [2.24, 2.45) is 5.16 Å². The summed E-state index contributed by atoms with van der Waals surface area (Å²) in [6, 6.07) is 6.14. The molecule has 17 heavy (non-hydrogen) atoms. The molecule has 1 aromatic rings. The molecule has 0 radical (unpaired) electrons. The van der Waals surface area contributed by atoms with Crippen LogP contribution in [0.4, 0.5) is 0 Å². The van der Waals surface area contributed by atoms with Crippen molar-refractivity contribution in [2.75, 3.05) is 0 Å². The maximum Gasteiger partial charge on any atom is 0.358 e. The normalized spacial score (nSPS) is 12.3. The number of ketones is 1. The monoisotopic (exact) mass is 255 g/mol. The van der Waals surface area contributed by atoms with Crippen LogP contribution in [0.3, 0.4) is 0 Å². The Balaban J connectivity index is 2.94. The molecule has 0 atom stereocenters. The molecule has 0 fully saturated rings. The van der Waals surface area contributed by atoms with Crippen molar-refractivity contribution in [3.05, 3.63) is 29.8 Å². The molecule has 1 rings (SSSR count). The summed E-state index contributed by atoms with van der Waals surface area (Å²) in [7, 11) is -3.95. The Labute approximate surface area is 100 Å². The second-order valence-corrected chi connectivity index (χ2v) is 5.10. The molecule has 0 aromatic heterocycles. The molecule has 0 saturated carbocycles. The second-order valence-electron chi connectivity index (χ2n) is 3.57. The predicted molar refractivity (Wildman–Crippen MR) is 63.2 cm³/mol. The fourth-order valence-corrected chi connectivity index (χ4v) is 1.68. The number of carbonyl (C=O) groups excluding carboxylic acids is 1. The second kappa shape index (κ2) is 5.09. The third kappa shape index (κ3) is 3.67. The van der Waals surface area contributed by atoms with Crippen LogP contribution >= 0.6 is 0 Å². The fourth-order valence-electron chi connectivity index (χ4n) is 0.917. The van der Waals surface area contributed by atoms with E-state index in [1.54, 1.807) is 12.1 Å². The lowest BCUT2D eigenvalue weighted by Crippen LogP contribution is -2.09. The average Bonchev–Trinajstić information content (AvgIpc) is 2.26. The van der Waals surface area contributed by atoms with Gasteiger partial charge in [0.15, 0.2) is 5.78 Å². The Kier molecular flexibility index (Phi) is 4.01. The zero-order valence-electron chi connectivity index (χ0n) is 9.80. The third-order valence-electron chi connectivity index (χ3n) is 2.09. The molecule has 0 unspecified atom stereocenters. The van der Waals surface area contributed by atoms with Crippen molar-refractivity contribution in [2.45, 2.75) is 25.7 Å². The van der Waals surface area contributed by atoms with Gasteiger partial charge in [0.05, 0.1) is 0 Å². The standard InChI is InChI=1S/C11H13NO4S/c1-8-4-6-11(7-5-8)17(14,15)16-12-9(2)10(3)13/h4-7H,1-3H3/b12-9+. The van der Waals surface area contributed by atoms with E-state index in [0.29, 0.717) is 0 Å². The van der Waals surface area contributed by atoms with Gasteiger partial charge in [0.2, 0.25) is 0 Å². The zero-order chi connectivity index (χ0) is 13.1. The number of aryl methyl sites for hydroxylation is 1. The van der Waals surface area contributed by atoms with Gasteiger partial charge in [-0.3, -0.25) is 9.08 Å². The van der Waals surface area contributed by atoms with Crippen LogP contribution in [-0.4, -0.2) is 19.9 Å². The van der Waals surface area contributed by atoms with E-state index in [4.69, 9.17) is 0 Å². The Hall–Kier alpha value is -1.69. The molecule has 0 aliphatic heterocycles. The summed E-state index contributed by atoms with van der Waals surface area (Å²) < 4.78 is 27.7. The van der Waals surface area contributed by atoms with Crippen molar-refractivity contribution >= 4 is 21.6 Å². The number of carbonyl (C=O) groups is 1. The fraction of sp³-hybridized carbons (Fsp3) is 0.273. The number of hydrogen-bond donors (Lipinski definition) is 0. The molecule has 6 heteroatoms. The lowest BCUT2D eigenvalue weighted by molar-refractivity contribution is -0.111. The van der Waals surface area contributed by atoms with Crippen molar-refractivity contribution in [1.29, 1.82) is 0 Å². The predicted octanol–water partition coefficient (Wildman–Crippen LogP) is 1.67. The van der Waals surface area contributed by atoms with Crippen molar-refractivity contribution in [3.63, 3.8) is 0 Å². The van der Waals surface area contributed by atoms with E-state index < -0.39 is 10.1 Å². The smallest absolute Gasteiger partial charge is 0.293 e. The molecule has 5 nitrogen and oxygen atoms in total. The largest absolute Gasteiger partial charge is 0.358 e. The highest BCUT2D eigenvalue weighted by atomic mass is 32.2. The summed E-state index contributed by atoms with van der Waals surface area (Å²) in [4.78, 5) is 10.8. The number of rotatable bonds is 4. The van der Waals surface area contributed by atoms with Crippen LogP contribution in [0, 0.1) is 6.92 Å². The number of oxime groups is 1.